The summed E-state index contributed by atoms with van der Waals surface area (Å²) in [4.78, 5) is 14.0. The van der Waals surface area contributed by atoms with Crippen LogP contribution in [0.15, 0.2) is 29.2 Å². The van der Waals surface area contributed by atoms with E-state index in [0.717, 1.165) is 39.1 Å². The van der Waals surface area contributed by atoms with Crippen molar-refractivity contribution in [3.8, 4) is 0 Å². The van der Waals surface area contributed by atoms with Gasteiger partial charge in [0.25, 0.3) is 0 Å². The summed E-state index contributed by atoms with van der Waals surface area (Å²) in [5.74, 6) is 0. The van der Waals surface area contributed by atoms with Crippen molar-refractivity contribution in [2.24, 2.45) is 10.6 Å². The van der Waals surface area contributed by atoms with E-state index in [-0.39, 0.29) is 22.9 Å². The molecule has 8 heteroatoms. The lowest BCUT2D eigenvalue weighted by Crippen LogP contribution is -2.62. The smallest absolute Gasteiger partial charge is 0.317 e. The minimum absolute atomic E-state index is 0.0461. The van der Waals surface area contributed by atoms with E-state index in [4.69, 9.17) is 9.88 Å². The number of primary sulfonamides is 1. The summed E-state index contributed by atoms with van der Waals surface area (Å²) in [5.41, 5.74) is 0.707. The molecule has 0 unspecified atom stereocenters. The van der Waals surface area contributed by atoms with Crippen LogP contribution in [-0.2, 0) is 21.3 Å². The molecule has 2 amide bonds. The van der Waals surface area contributed by atoms with Crippen LogP contribution in [0.3, 0.4) is 0 Å². The average molecular weight is 339 g/mol. The first-order valence-corrected chi connectivity index (χ1v) is 9.16. The topological polar surface area (TPSA) is 102 Å². The maximum Gasteiger partial charge on any atom is 0.317 e. The monoisotopic (exact) mass is 339 g/mol. The van der Waals surface area contributed by atoms with Crippen molar-refractivity contribution in [1.82, 2.24) is 10.2 Å². The molecule has 3 N–H and O–H groups in total. The molecule has 2 heterocycles. The summed E-state index contributed by atoms with van der Waals surface area (Å²) in [7, 11) is -3.79. The first-order chi connectivity index (χ1) is 10.9. The molecule has 0 atom stereocenters. The maximum absolute atomic E-state index is 12.2. The largest absolute Gasteiger partial charge is 0.381 e. The number of urea groups is 1. The Morgan fingerprint density at radius 2 is 1.91 bits per heavy atom. The van der Waals surface area contributed by atoms with Crippen LogP contribution in [-0.4, -0.2) is 45.7 Å². The first kappa shape index (κ1) is 16.2. The van der Waals surface area contributed by atoms with Crippen LogP contribution < -0.4 is 10.5 Å². The zero-order valence-electron chi connectivity index (χ0n) is 12.8. The molecule has 23 heavy (non-hydrogen) atoms. The number of hydrogen-bond acceptors (Lipinski definition) is 4. The molecule has 2 fully saturated rings. The molecule has 0 saturated carbocycles. The summed E-state index contributed by atoms with van der Waals surface area (Å²) in [6.45, 7) is 3.13. The molecule has 7 nitrogen and oxygen atoms in total. The lowest BCUT2D eigenvalue weighted by molar-refractivity contribution is -0.0616. The Kier molecular flexibility index (Phi) is 4.31. The zero-order chi connectivity index (χ0) is 16.5. The first-order valence-electron chi connectivity index (χ1n) is 7.61. The number of carbonyl (C=O) groups excluding carboxylic acids is 1. The standard InChI is InChI=1S/C15H21N3O4S/c16-23(20,21)13-4-2-1-3-12(13)9-17-14(19)18-10-15(11-18)5-7-22-8-6-15/h1-4H,5-11H2,(H,17,19)(H2,16,20,21). The van der Waals surface area contributed by atoms with Crippen LogP contribution in [0.1, 0.15) is 18.4 Å². The Labute approximate surface area is 135 Å². The fourth-order valence-corrected chi connectivity index (χ4v) is 4.01. The van der Waals surface area contributed by atoms with Gasteiger partial charge in [0.05, 0.1) is 4.90 Å². The van der Waals surface area contributed by atoms with Gasteiger partial charge in [-0.15, -0.1) is 0 Å². The molecule has 1 spiro atoms. The van der Waals surface area contributed by atoms with Gasteiger partial charge in [0, 0.05) is 38.3 Å². The van der Waals surface area contributed by atoms with Crippen molar-refractivity contribution >= 4 is 16.1 Å². The van der Waals surface area contributed by atoms with Crippen LogP contribution >= 0.6 is 0 Å². The third-order valence-corrected chi connectivity index (χ3v) is 5.61. The molecule has 3 rings (SSSR count). The number of nitrogens with zero attached hydrogens (tertiary/aromatic N) is 1. The Hall–Kier alpha value is -1.64. The second kappa shape index (κ2) is 6.10. The number of nitrogens with two attached hydrogens (primary N) is 1. The van der Waals surface area contributed by atoms with Crippen LogP contribution in [0, 0.1) is 5.41 Å². The van der Waals surface area contributed by atoms with Crippen molar-refractivity contribution in [3.05, 3.63) is 29.8 Å². The number of rotatable bonds is 3. The van der Waals surface area contributed by atoms with Gasteiger partial charge < -0.3 is 15.0 Å². The summed E-state index contributed by atoms with van der Waals surface area (Å²) in [5, 5.41) is 7.96. The van der Waals surface area contributed by atoms with Gasteiger partial charge in [0.1, 0.15) is 0 Å². The number of ether oxygens (including phenoxy) is 1. The van der Waals surface area contributed by atoms with Crippen molar-refractivity contribution in [2.45, 2.75) is 24.3 Å². The molecule has 2 aliphatic rings. The summed E-state index contributed by atoms with van der Waals surface area (Å²) < 4.78 is 28.4. The molecule has 0 bridgehead atoms. The van der Waals surface area contributed by atoms with Gasteiger partial charge in [-0.05, 0) is 24.5 Å². The van der Waals surface area contributed by atoms with Crippen molar-refractivity contribution in [2.75, 3.05) is 26.3 Å². The Morgan fingerprint density at radius 1 is 1.26 bits per heavy atom. The number of hydrogen-bond donors (Lipinski definition) is 2. The average Bonchev–Trinajstić information content (AvgIpc) is 2.50. The molecule has 126 valence electrons. The van der Waals surface area contributed by atoms with Crippen LogP contribution in [0.5, 0.6) is 0 Å². The predicted octanol–water partition coefficient (Wildman–Crippen LogP) is 0.656. The fourth-order valence-electron chi connectivity index (χ4n) is 3.24. The minimum Gasteiger partial charge on any atom is -0.381 e. The molecule has 1 aromatic carbocycles. The second-order valence-corrected chi connectivity index (χ2v) is 7.81. The van der Waals surface area contributed by atoms with Gasteiger partial charge in [-0.2, -0.15) is 0 Å². The van der Waals surface area contributed by atoms with Gasteiger partial charge in [-0.1, -0.05) is 18.2 Å². The number of carbonyl (C=O) groups is 1. The molecule has 2 aliphatic heterocycles. The van der Waals surface area contributed by atoms with Gasteiger partial charge in [-0.3, -0.25) is 0 Å². The van der Waals surface area contributed by atoms with Crippen molar-refractivity contribution in [3.63, 3.8) is 0 Å². The van der Waals surface area contributed by atoms with Crippen LogP contribution in [0.2, 0.25) is 0 Å². The highest BCUT2D eigenvalue weighted by Crippen LogP contribution is 2.39. The lowest BCUT2D eigenvalue weighted by atomic mass is 9.73. The van der Waals surface area contributed by atoms with E-state index in [0.29, 0.717) is 5.56 Å². The Morgan fingerprint density at radius 3 is 2.57 bits per heavy atom. The number of sulfonamides is 1. The minimum atomic E-state index is -3.79. The van der Waals surface area contributed by atoms with Crippen LogP contribution in [0.25, 0.3) is 0 Å². The van der Waals surface area contributed by atoms with E-state index in [1.807, 2.05) is 0 Å². The highest BCUT2D eigenvalue weighted by atomic mass is 32.2. The number of amides is 2. The van der Waals surface area contributed by atoms with Gasteiger partial charge in [0.15, 0.2) is 0 Å². The van der Waals surface area contributed by atoms with Crippen LogP contribution in [0.4, 0.5) is 4.79 Å². The lowest BCUT2D eigenvalue weighted by Gasteiger charge is -2.51. The molecule has 0 aliphatic carbocycles. The zero-order valence-corrected chi connectivity index (χ0v) is 13.6. The van der Waals surface area contributed by atoms with Gasteiger partial charge >= 0.3 is 6.03 Å². The Bertz CT molecular complexity index is 690. The third kappa shape index (κ3) is 3.49. The molecule has 0 aromatic heterocycles. The number of nitrogens with one attached hydrogen (secondary N) is 1. The highest BCUT2D eigenvalue weighted by Gasteiger charge is 2.45. The van der Waals surface area contributed by atoms with Crippen molar-refractivity contribution < 1.29 is 17.9 Å². The molecular formula is C15H21N3O4S. The quantitative estimate of drug-likeness (QED) is 0.844. The SMILES string of the molecule is NS(=O)(=O)c1ccccc1CNC(=O)N1CC2(CCOCC2)C1. The molecule has 0 radical (unpaired) electrons. The fraction of sp³-hybridized carbons (Fsp3) is 0.533. The molecule has 1 aromatic rings. The highest BCUT2D eigenvalue weighted by molar-refractivity contribution is 7.89. The van der Waals surface area contributed by atoms with E-state index in [2.05, 4.69) is 5.32 Å². The third-order valence-electron chi connectivity index (χ3n) is 4.60. The summed E-state index contributed by atoms with van der Waals surface area (Å²) in [6.07, 6.45) is 1.98. The van der Waals surface area contributed by atoms with Gasteiger partial charge in [-0.25, -0.2) is 18.4 Å². The predicted molar refractivity (Wildman–Crippen MR) is 84.1 cm³/mol. The van der Waals surface area contributed by atoms with E-state index < -0.39 is 10.0 Å². The van der Waals surface area contributed by atoms with E-state index in [9.17, 15) is 13.2 Å². The number of benzene rings is 1. The van der Waals surface area contributed by atoms with E-state index in [1.54, 1.807) is 23.1 Å². The maximum atomic E-state index is 12.2. The van der Waals surface area contributed by atoms with Crippen molar-refractivity contribution in [1.29, 1.82) is 0 Å². The Balaban J connectivity index is 1.57. The summed E-state index contributed by atoms with van der Waals surface area (Å²) in [6, 6.07) is 6.24. The van der Waals surface area contributed by atoms with Gasteiger partial charge in [0.2, 0.25) is 10.0 Å². The molecule has 2 saturated heterocycles. The van der Waals surface area contributed by atoms with E-state index in [1.165, 1.54) is 6.07 Å². The second-order valence-electron chi connectivity index (χ2n) is 6.28. The van der Waals surface area contributed by atoms with E-state index >= 15 is 0 Å². The normalized spacial score (nSPS) is 20.1. The summed E-state index contributed by atoms with van der Waals surface area (Å²) >= 11 is 0. The molecular weight excluding hydrogens is 318 g/mol. The number of likely N-dealkylation sites (tertiary alicyclic amines) is 1.